The van der Waals surface area contributed by atoms with Crippen LogP contribution in [0.1, 0.15) is 37.7 Å². The molecule has 2 aromatic carbocycles. The molecule has 4 rings (SSSR count). The quantitative estimate of drug-likeness (QED) is 0.723. The fourth-order valence-corrected chi connectivity index (χ4v) is 4.22. The van der Waals surface area contributed by atoms with E-state index in [2.05, 4.69) is 24.0 Å². The highest BCUT2D eigenvalue weighted by Gasteiger charge is 2.35. The van der Waals surface area contributed by atoms with Gasteiger partial charge in [-0.05, 0) is 48.6 Å². The monoisotopic (exact) mass is 451 g/mol. The standard InChI is InChI=1S/C26H30FN3O3/c1-20(21-5-3-2-4-6-21)17-25(31)30-15-12-26(32,13-16-30)18-29-14-11-24(28-19-29)33-23-9-7-22(27)8-10-23/h2-11,14,20,32H,12-13,15-19H2,1H3. The molecule has 1 atom stereocenters. The van der Waals surface area contributed by atoms with Crippen LogP contribution in [-0.4, -0.2) is 58.6 Å². The molecule has 0 saturated carbocycles. The molecule has 2 heterocycles. The number of carbonyl (C=O) groups excluding carboxylic acids is 1. The first-order valence-electron chi connectivity index (χ1n) is 11.4. The minimum absolute atomic E-state index is 0.137. The van der Waals surface area contributed by atoms with Crippen molar-refractivity contribution in [2.45, 2.75) is 37.7 Å². The Kier molecular flexibility index (Phi) is 7.08. The molecule has 33 heavy (non-hydrogen) atoms. The molecular weight excluding hydrogens is 421 g/mol. The van der Waals surface area contributed by atoms with Gasteiger partial charge < -0.3 is 19.6 Å². The highest BCUT2D eigenvalue weighted by molar-refractivity contribution is 5.89. The number of β-amino-alcohol motifs (C(OH)–C–C–N with tert-alkyl or cyclic N) is 1. The van der Waals surface area contributed by atoms with Gasteiger partial charge in [-0.25, -0.2) is 9.38 Å². The fraction of sp³-hybridized carbons (Fsp3) is 0.385. The Hall–Kier alpha value is -3.19. The van der Waals surface area contributed by atoms with E-state index in [4.69, 9.17) is 4.74 Å². The van der Waals surface area contributed by atoms with E-state index in [9.17, 15) is 14.3 Å². The number of aliphatic imine (C=N–C) groups is 1. The molecular formula is C26H30FN3O3. The number of likely N-dealkylation sites (tertiary alicyclic amines) is 1. The zero-order chi connectivity index (χ0) is 23.3. The second-order valence-corrected chi connectivity index (χ2v) is 8.88. The van der Waals surface area contributed by atoms with Crippen LogP contribution in [-0.2, 0) is 4.79 Å². The van der Waals surface area contributed by atoms with Crippen LogP contribution in [0.15, 0.2) is 71.9 Å². The summed E-state index contributed by atoms with van der Waals surface area (Å²) in [6.45, 7) is 3.99. The van der Waals surface area contributed by atoms with Gasteiger partial charge in [-0.15, -0.1) is 0 Å². The third-order valence-electron chi connectivity index (χ3n) is 6.27. The molecule has 1 N–H and O–H groups in total. The molecule has 0 aliphatic carbocycles. The van der Waals surface area contributed by atoms with Crippen LogP contribution in [0.2, 0.25) is 0 Å². The van der Waals surface area contributed by atoms with Crippen molar-refractivity contribution in [3.8, 4) is 5.75 Å². The highest BCUT2D eigenvalue weighted by Crippen LogP contribution is 2.26. The number of carbonyl (C=O) groups is 1. The molecule has 0 spiro atoms. The predicted molar refractivity (Wildman–Crippen MR) is 125 cm³/mol. The summed E-state index contributed by atoms with van der Waals surface area (Å²) < 4.78 is 18.7. The molecule has 1 unspecified atom stereocenters. The fourth-order valence-electron chi connectivity index (χ4n) is 4.22. The lowest BCUT2D eigenvalue weighted by atomic mass is 9.90. The molecule has 2 aromatic rings. The Labute approximate surface area is 194 Å². The van der Waals surface area contributed by atoms with Crippen molar-refractivity contribution in [1.29, 1.82) is 0 Å². The Morgan fingerprint density at radius 3 is 2.48 bits per heavy atom. The van der Waals surface area contributed by atoms with Crippen LogP contribution < -0.4 is 4.74 Å². The average molecular weight is 452 g/mol. The number of hydrogen-bond donors (Lipinski definition) is 1. The first-order chi connectivity index (χ1) is 15.9. The van der Waals surface area contributed by atoms with Crippen LogP contribution in [0.4, 0.5) is 4.39 Å². The summed E-state index contributed by atoms with van der Waals surface area (Å²) in [5.41, 5.74) is 0.302. The van der Waals surface area contributed by atoms with Crippen molar-refractivity contribution >= 4 is 11.8 Å². The van der Waals surface area contributed by atoms with Gasteiger partial charge >= 0.3 is 0 Å². The predicted octanol–water partition coefficient (Wildman–Crippen LogP) is 3.94. The Morgan fingerprint density at radius 1 is 1.15 bits per heavy atom. The third-order valence-corrected chi connectivity index (χ3v) is 6.27. The number of rotatable bonds is 6. The van der Waals surface area contributed by atoms with Gasteiger partial charge in [0.2, 0.25) is 11.8 Å². The highest BCUT2D eigenvalue weighted by atomic mass is 19.1. The van der Waals surface area contributed by atoms with E-state index in [0.717, 1.165) is 0 Å². The zero-order valence-electron chi connectivity index (χ0n) is 18.9. The molecule has 0 aromatic heterocycles. The number of hydrogen-bond acceptors (Lipinski definition) is 5. The Balaban J connectivity index is 1.23. The molecule has 1 saturated heterocycles. The van der Waals surface area contributed by atoms with E-state index < -0.39 is 5.60 Å². The largest absolute Gasteiger partial charge is 0.439 e. The maximum atomic E-state index is 13.0. The molecule has 6 nitrogen and oxygen atoms in total. The summed E-state index contributed by atoms with van der Waals surface area (Å²) in [5.74, 6) is 0.949. The lowest BCUT2D eigenvalue weighted by molar-refractivity contribution is -0.136. The van der Waals surface area contributed by atoms with Crippen molar-refractivity contribution in [3.63, 3.8) is 0 Å². The topological polar surface area (TPSA) is 65.4 Å². The summed E-state index contributed by atoms with van der Waals surface area (Å²) in [7, 11) is 0. The number of halogens is 1. The first kappa shape index (κ1) is 23.0. The van der Waals surface area contributed by atoms with Gasteiger partial charge in [0.05, 0.1) is 5.60 Å². The second kappa shape index (κ2) is 10.2. The van der Waals surface area contributed by atoms with Crippen molar-refractivity contribution in [2.24, 2.45) is 4.99 Å². The SMILES string of the molecule is CC(CC(=O)N1CCC(O)(CN2C=CC(Oc3ccc(F)cc3)=NC2)CC1)c1ccccc1. The van der Waals surface area contributed by atoms with E-state index in [1.807, 2.05) is 34.2 Å². The first-order valence-corrected chi connectivity index (χ1v) is 11.4. The molecule has 174 valence electrons. The van der Waals surface area contributed by atoms with Gasteiger partial charge in [0.25, 0.3) is 0 Å². The van der Waals surface area contributed by atoms with Crippen LogP contribution in [0.25, 0.3) is 0 Å². The van der Waals surface area contributed by atoms with Crippen LogP contribution in [0, 0.1) is 5.82 Å². The molecule has 1 fully saturated rings. The van der Waals surface area contributed by atoms with E-state index in [1.165, 1.54) is 17.7 Å². The zero-order valence-corrected chi connectivity index (χ0v) is 18.9. The van der Waals surface area contributed by atoms with Crippen LogP contribution in [0.3, 0.4) is 0 Å². The molecule has 2 aliphatic rings. The van der Waals surface area contributed by atoms with Crippen molar-refractivity contribution in [2.75, 3.05) is 26.3 Å². The van der Waals surface area contributed by atoms with Gasteiger partial charge in [-0.3, -0.25) is 4.79 Å². The number of ether oxygens (including phenoxy) is 1. The van der Waals surface area contributed by atoms with Crippen molar-refractivity contribution < 1.29 is 19.0 Å². The molecule has 7 heteroatoms. The van der Waals surface area contributed by atoms with Crippen molar-refractivity contribution in [3.05, 3.63) is 78.3 Å². The Bertz CT molecular complexity index is 999. The summed E-state index contributed by atoms with van der Waals surface area (Å²) >= 11 is 0. The molecule has 2 aliphatic heterocycles. The van der Waals surface area contributed by atoms with Gasteiger partial charge in [0.15, 0.2) is 0 Å². The number of benzene rings is 2. The van der Waals surface area contributed by atoms with Gasteiger partial charge in [-0.1, -0.05) is 37.3 Å². The third kappa shape index (κ3) is 6.20. The van der Waals surface area contributed by atoms with E-state index >= 15 is 0 Å². The van der Waals surface area contributed by atoms with Gasteiger partial charge in [0, 0.05) is 38.3 Å². The molecule has 0 bridgehead atoms. The number of piperidine rings is 1. The van der Waals surface area contributed by atoms with E-state index in [1.54, 1.807) is 18.2 Å². The number of aliphatic hydroxyl groups is 1. The number of amides is 1. The smallest absolute Gasteiger partial charge is 0.223 e. The van der Waals surface area contributed by atoms with E-state index in [0.29, 0.717) is 57.2 Å². The molecule has 0 radical (unpaired) electrons. The minimum atomic E-state index is -0.864. The van der Waals surface area contributed by atoms with Gasteiger partial charge in [0.1, 0.15) is 18.2 Å². The van der Waals surface area contributed by atoms with E-state index in [-0.39, 0.29) is 17.6 Å². The summed E-state index contributed by atoms with van der Waals surface area (Å²) in [5, 5.41) is 11.1. The van der Waals surface area contributed by atoms with Gasteiger partial charge in [-0.2, -0.15) is 0 Å². The lowest BCUT2D eigenvalue weighted by Crippen LogP contribution is -2.51. The van der Waals surface area contributed by atoms with Crippen LogP contribution >= 0.6 is 0 Å². The van der Waals surface area contributed by atoms with Crippen LogP contribution in [0.5, 0.6) is 5.75 Å². The summed E-state index contributed by atoms with van der Waals surface area (Å²) in [6.07, 6.45) is 5.13. The van der Waals surface area contributed by atoms with Crippen molar-refractivity contribution in [1.82, 2.24) is 9.80 Å². The minimum Gasteiger partial charge on any atom is -0.439 e. The summed E-state index contributed by atoms with van der Waals surface area (Å²) in [4.78, 5) is 21.0. The summed E-state index contributed by atoms with van der Waals surface area (Å²) in [6, 6.07) is 15.9. The lowest BCUT2D eigenvalue weighted by Gasteiger charge is -2.41. The maximum Gasteiger partial charge on any atom is 0.223 e. The molecule has 1 amide bonds. The normalized spacial score (nSPS) is 18.6. The second-order valence-electron chi connectivity index (χ2n) is 8.88. The Morgan fingerprint density at radius 2 is 1.85 bits per heavy atom. The maximum absolute atomic E-state index is 13.0. The number of nitrogens with zero attached hydrogens (tertiary/aromatic N) is 3. The average Bonchev–Trinajstić information content (AvgIpc) is 2.82.